The van der Waals surface area contributed by atoms with E-state index in [4.69, 9.17) is 14.2 Å². The maximum Gasteiger partial charge on any atom is 0.160 e. The van der Waals surface area contributed by atoms with E-state index >= 15 is 0 Å². The van der Waals surface area contributed by atoms with Gasteiger partial charge < -0.3 is 19.1 Å². The van der Waals surface area contributed by atoms with Crippen LogP contribution in [0.2, 0.25) is 0 Å². The SMILES string of the molecule is C=C1CCC2[C@]3(C)CO[C@@H](C4CCCC4)O[C@@H]3CC[C@@]2(C)[C@@H]1CCOCCCN(C)C. The molecule has 0 bridgehead atoms. The predicted molar refractivity (Wildman–Crippen MR) is 126 cm³/mol. The van der Waals surface area contributed by atoms with E-state index in [1.807, 2.05) is 0 Å². The minimum Gasteiger partial charge on any atom is -0.381 e. The summed E-state index contributed by atoms with van der Waals surface area (Å²) in [5.74, 6) is 1.83. The summed E-state index contributed by atoms with van der Waals surface area (Å²) in [5, 5.41) is 0. The van der Waals surface area contributed by atoms with Gasteiger partial charge in [-0.05, 0) is 89.3 Å². The van der Waals surface area contributed by atoms with Gasteiger partial charge in [0.1, 0.15) is 0 Å². The van der Waals surface area contributed by atoms with Gasteiger partial charge in [-0.3, -0.25) is 0 Å². The molecule has 1 heterocycles. The maximum atomic E-state index is 6.70. The molecule has 0 amide bonds. The summed E-state index contributed by atoms with van der Waals surface area (Å²) in [7, 11) is 4.25. The molecule has 178 valence electrons. The molecule has 0 spiro atoms. The summed E-state index contributed by atoms with van der Waals surface area (Å²) < 4.78 is 19.2. The van der Waals surface area contributed by atoms with Crippen molar-refractivity contribution in [3.8, 4) is 0 Å². The molecule has 0 aromatic carbocycles. The van der Waals surface area contributed by atoms with Crippen LogP contribution >= 0.6 is 0 Å². The monoisotopic (exact) mass is 433 g/mol. The predicted octanol–water partition coefficient (Wildman–Crippen LogP) is 5.67. The Labute approximate surface area is 191 Å². The van der Waals surface area contributed by atoms with E-state index in [9.17, 15) is 0 Å². The Morgan fingerprint density at radius 1 is 1.06 bits per heavy atom. The highest BCUT2D eigenvalue weighted by molar-refractivity contribution is 5.18. The molecule has 4 fully saturated rings. The normalized spacial score (nSPS) is 41.4. The van der Waals surface area contributed by atoms with Gasteiger partial charge >= 0.3 is 0 Å². The van der Waals surface area contributed by atoms with E-state index in [-0.39, 0.29) is 11.7 Å². The molecule has 0 aromatic rings. The minimum absolute atomic E-state index is 0.0508. The first-order valence-electron chi connectivity index (χ1n) is 13.0. The molecule has 4 heteroatoms. The van der Waals surface area contributed by atoms with Crippen molar-refractivity contribution in [3.63, 3.8) is 0 Å². The average molecular weight is 434 g/mol. The van der Waals surface area contributed by atoms with E-state index in [0.29, 0.717) is 29.3 Å². The van der Waals surface area contributed by atoms with Crippen molar-refractivity contribution >= 4 is 0 Å². The molecule has 1 unspecified atom stereocenters. The number of ether oxygens (including phenoxy) is 3. The van der Waals surface area contributed by atoms with Crippen molar-refractivity contribution in [2.75, 3.05) is 40.5 Å². The molecular weight excluding hydrogens is 386 g/mol. The van der Waals surface area contributed by atoms with Crippen LogP contribution < -0.4 is 0 Å². The molecule has 1 aliphatic heterocycles. The Bertz CT molecular complexity index is 616. The Morgan fingerprint density at radius 3 is 2.58 bits per heavy atom. The van der Waals surface area contributed by atoms with Crippen LogP contribution in [0.25, 0.3) is 0 Å². The molecule has 3 aliphatic carbocycles. The summed E-state index contributed by atoms with van der Waals surface area (Å²) in [5.41, 5.74) is 1.88. The number of rotatable bonds is 8. The van der Waals surface area contributed by atoms with Crippen molar-refractivity contribution in [1.82, 2.24) is 4.90 Å². The fourth-order valence-corrected chi connectivity index (χ4v) is 7.65. The summed E-state index contributed by atoms with van der Waals surface area (Å²) >= 11 is 0. The van der Waals surface area contributed by atoms with Crippen LogP contribution in [-0.4, -0.2) is 57.8 Å². The summed E-state index contributed by atoms with van der Waals surface area (Å²) in [6.07, 6.45) is 12.7. The molecule has 6 atom stereocenters. The Hall–Kier alpha value is -0.420. The largest absolute Gasteiger partial charge is 0.381 e. The summed E-state index contributed by atoms with van der Waals surface area (Å²) in [6, 6.07) is 0. The Balaban J connectivity index is 1.38. The number of allylic oxidation sites excluding steroid dienone is 1. The van der Waals surface area contributed by atoms with E-state index in [1.54, 1.807) is 0 Å². The molecular formula is C27H47NO3. The van der Waals surface area contributed by atoms with Crippen molar-refractivity contribution in [3.05, 3.63) is 12.2 Å². The Kier molecular flexibility index (Phi) is 7.52. The van der Waals surface area contributed by atoms with Crippen LogP contribution in [0.15, 0.2) is 12.2 Å². The first-order valence-corrected chi connectivity index (χ1v) is 13.0. The topological polar surface area (TPSA) is 30.9 Å². The number of hydrogen-bond acceptors (Lipinski definition) is 4. The lowest BCUT2D eigenvalue weighted by molar-refractivity contribution is -0.316. The zero-order valence-electron chi connectivity index (χ0n) is 20.7. The minimum atomic E-state index is 0.0508. The first kappa shape index (κ1) is 23.7. The van der Waals surface area contributed by atoms with Gasteiger partial charge in [0.15, 0.2) is 6.29 Å². The van der Waals surface area contributed by atoms with E-state index in [1.165, 1.54) is 50.5 Å². The first-order chi connectivity index (χ1) is 14.8. The van der Waals surface area contributed by atoms with Gasteiger partial charge in [0.05, 0.1) is 12.7 Å². The summed E-state index contributed by atoms with van der Waals surface area (Å²) in [6.45, 7) is 13.2. The smallest absolute Gasteiger partial charge is 0.160 e. The standard InChI is InChI=1S/C27H47NO3/c1-20-11-12-23-26(2,22(20)14-18-29-17-8-16-28(4)5)15-13-24-27(23,3)19-30-25(31-24)21-9-6-7-10-21/h21-25H,1,6-19H2,2-5H3/t22-,23?,24-,25-,26+,27+/m1/s1. The number of fused-ring (bicyclic) bond motifs is 3. The molecule has 1 saturated heterocycles. The zero-order chi connectivity index (χ0) is 22.1. The van der Waals surface area contributed by atoms with Gasteiger partial charge in [-0.15, -0.1) is 0 Å². The quantitative estimate of drug-likeness (QED) is 0.365. The molecule has 3 saturated carbocycles. The van der Waals surface area contributed by atoms with Gasteiger partial charge in [0.2, 0.25) is 0 Å². The van der Waals surface area contributed by atoms with E-state index < -0.39 is 0 Å². The third-order valence-electron chi connectivity index (χ3n) is 9.40. The molecule has 31 heavy (non-hydrogen) atoms. The molecule has 4 aliphatic rings. The van der Waals surface area contributed by atoms with Crippen LogP contribution in [-0.2, 0) is 14.2 Å². The fraction of sp³-hybridized carbons (Fsp3) is 0.926. The second kappa shape index (κ2) is 9.83. The maximum absolute atomic E-state index is 6.70. The van der Waals surface area contributed by atoms with Gasteiger partial charge in [-0.1, -0.05) is 38.8 Å². The lowest BCUT2D eigenvalue weighted by atomic mass is 9.46. The lowest BCUT2D eigenvalue weighted by Gasteiger charge is -2.63. The van der Waals surface area contributed by atoms with E-state index in [2.05, 4.69) is 39.4 Å². The van der Waals surface area contributed by atoms with Crippen LogP contribution in [0.5, 0.6) is 0 Å². The van der Waals surface area contributed by atoms with Crippen LogP contribution in [0, 0.1) is 28.6 Å². The third-order valence-corrected chi connectivity index (χ3v) is 9.40. The van der Waals surface area contributed by atoms with Crippen LogP contribution in [0.3, 0.4) is 0 Å². The van der Waals surface area contributed by atoms with E-state index in [0.717, 1.165) is 45.6 Å². The highest BCUT2D eigenvalue weighted by atomic mass is 16.7. The van der Waals surface area contributed by atoms with Gasteiger partial charge in [0, 0.05) is 24.5 Å². The van der Waals surface area contributed by atoms with Gasteiger partial charge in [-0.2, -0.15) is 0 Å². The third kappa shape index (κ3) is 4.78. The van der Waals surface area contributed by atoms with Crippen molar-refractivity contribution in [1.29, 1.82) is 0 Å². The highest BCUT2D eigenvalue weighted by Crippen LogP contribution is 2.63. The second-order valence-corrected chi connectivity index (χ2v) is 11.8. The number of nitrogens with zero attached hydrogens (tertiary/aromatic N) is 1. The van der Waals surface area contributed by atoms with Crippen LogP contribution in [0.1, 0.15) is 78.1 Å². The van der Waals surface area contributed by atoms with Crippen molar-refractivity contribution < 1.29 is 14.2 Å². The molecule has 4 rings (SSSR count). The van der Waals surface area contributed by atoms with Crippen molar-refractivity contribution in [2.45, 2.75) is 90.4 Å². The second-order valence-electron chi connectivity index (χ2n) is 11.8. The fourth-order valence-electron chi connectivity index (χ4n) is 7.65. The molecule has 4 nitrogen and oxygen atoms in total. The number of hydrogen-bond donors (Lipinski definition) is 0. The molecule has 0 aromatic heterocycles. The summed E-state index contributed by atoms with van der Waals surface area (Å²) in [4.78, 5) is 2.22. The molecule has 0 N–H and O–H groups in total. The van der Waals surface area contributed by atoms with Gasteiger partial charge in [0.25, 0.3) is 0 Å². The lowest BCUT2D eigenvalue weighted by Crippen LogP contribution is -2.62. The zero-order valence-corrected chi connectivity index (χ0v) is 20.7. The Morgan fingerprint density at radius 2 is 1.84 bits per heavy atom. The van der Waals surface area contributed by atoms with Gasteiger partial charge in [-0.25, -0.2) is 0 Å². The highest BCUT2D eigenvalue weighted by Gasteiger charge is 2.60. The average Bonchev–Trinajstić information content (AvgIpc) is 3.26. The molecule has 0 radical (unpaired) electrons. The van der Waals surface area contributed by atoms with Crippen LogP contribution in [0.4, 0.5) is 0 Å². The van der Waals surface area contributed by atoms with Crippen molar-refractivity contribution in [2.24, 2.45) is 28.6 Å².